The molecule has 0 unspecified atom stereocenters. The Morgan fingerprint density at radius 3 is 3.00 bits per heavy atom. The minimum Gasteiger partial charge on any atom is -0.368 e. The first-order valence-corrected chi connectivity index (χ1v) is 6.37. The molecule has 0 aliphatic heterocycles. The van der Waals surface area contributed by atoms with Gasteiger partial charge in [-0.3, -0.25) is 0 Å². The zero-order chi connectivity index (χ0) is 12.3. The minimum absolute atomic E-state index is 0.327. The molecule has 5 heteroatoms. The maximum absolute atomic E-state index is 5.61. The summed E-state index contributed by atoms with van der Waals surface area (Å²) in [5, 5.41) is 2.10. The first kappa shape index (κ1) is 11.9. The largest absolute Gasteiger partial charge is 0.368 e. The van der Waals surface area contributed by atoms with Crippen molar-refractivity contribution >= 4 is 23.1 Å². The van der Waals surface area contributed by atoms with Crippen molar-refractivity contribution < 1.29 is 0 Å². The molecule has 2 heterocycles. The predicted octanol–water partition coefficient (Wildman–Crippen LogP) is 2.11. The second-order valence-electron chi connectivity index (χ2n) is 3.99. The third kappa shape index (κ3) is 2.94. The molecule has 0 bridgehead atoms. The molecule has 90 valence electrons. The summed E-state index contributed by atoms with van der Waals surface area (Å²) in [6.45, 7) is 2.92. The fourth-order valence-corrected chi connectivity index (χ4v) is 2.37. The van der Waals surface area contributed by atoms with Crippen molar-refractivity contribution in [1.82, 2.24) is 9.97 Å². The van der Waals surface area contributed by atoms with E-state index < -0.39 is 0 Å². The summed E-state index contributed by atoms with van der Waals surface area (Å²) in [6.07, 6.45) is 2.79. The van der Waals surface area contributed by atoms with Crippen molar-refractivity contribution in [1.29, 1.82) is 0 Å². The molecule has 0 amide bonds. The SMILES string of the molecule is Cc1cnc(N)nc1N(C)CCc1cccs1. The van der Waals surface area contributed by atoms with E-state index in [1.165, 1.54) is 4.88 Å². The molecular formula is C12H16N4S. The number of hydrogen-bond acceptors (Lipinski definition) is 5. The summed E-state index contributed by atoms with van der Waals surface area (Å²) in [6, 6.07) is 4.23. The Labute approximate surface area is 105 Å². The van der Waals surface area contributed by atoms with Crippen LogP contribution in [0.1, 0.15) is 10.4 Å². The highest BCUT2D eigenvalue weighted by molar-refractivity contribution is 7.09. The molecular weight excluding hydrogens is 232 g/mol. The highest BCUT2D eigenvalue weighted by Gasteiger charge is 2.07. The third-order valence-corrected chi connectivity index (χ3v) is 3.54. The van der Waals surface area contributed by atoms with E-state index in [2.05, 4.69) is 32.4 Å². The van der Waals surface area contributed by atoms with Crippen LogP contribution in [0, 0.1) is 6.92 Å². The Morgan fingerprint density at radius 2 is 2.29 bits per heavy atom. The topological polar surface area (TPSA) is 55.0 Å². The molecule has 0 aromatic carbocycles. The van der Waals surface area contributed by atoms with Gasteiger partial charge in [0.05, 0.1) is 0 Å². The quantitative estimate of drug-likeness (QED) is 0.900. The minimum atomic E-state index is 0.327. The van der Waals surface area contributed by atoms with Crippen LogP contribution in [0.25, 0.3) is 0 Å². The Balaban J connectivity index is 2.04. The van der Waals surface area contributed by atoms with Gasteiger partial charge in [-0.25, -0.2) is 4.98 Å². The molecule has 2 N–H and O–H groups in total. The smallest absolute Gasteiger partial charge is 0.221 e. The van der Waals surface area contributed by atoms with Crippen LogP contribution in [0.15, 0.2) is 23.7 Å². The predicted molar refractivity (Wildman–Crippen MR) is 72.5 cm³/mol. The zero-order valence-electron chi connectivity index (χ0n) is 10.1. The average molecular weight is 248 g/mol. The van der Waals surface area contributed by atoms with E-state index in [0.717, 1.165) is 24.3 Å². The number of aromatic nitrogens is 2. The van der Waals surface area contributed by atoms with Crippen molar-refractivity contribution in [3.05, 3.63) is 34.2 Å². The lowest BCUT2D eigenvalue weighted by Crippen LogP contribution is -2.22. The van der Waals surface area contributed by atoms with Crippen LogP contribution in [0.5, 0.6) is 0 Å². The summed E-state index contributed by atoms with van der Waals surface area (Å²) < 4.78 is 0. The van der Waals surface area contributed by atoms with Crippen molar-refractivity contribution in [2.75, 3.05) is 24.2 Å². The van der Waals surface area contributed by atoms with E-state index in [1.807, 2.05) is 14.0 Å². The maximum atomic E-state index is 5.61. The van der Waals surface area contributed by atoms with Crippen LogP contribution in [-0.2, 0) is 6.42 Å². The molecule has 2 aromatic heterocycles. The number of rotatable bonds is 4. The van der Waals surface area contributed by atoms with Gasteiger partial charge in [-0.1, -0.05) is 6.07 Å². The molecule has 0 atom stereocenters. The zero-order valence-corrected chi connectivity index (χ0v) is 10.9. The van der Waals surface area contributed by atoms with E-state index in [1.54, 1.807) is 17.5 Å². The second-order valence-corrected chi connectivity index (χ2v) is 5.02. The molecule has 4 nitrogen and oxygen atoms in total. The van der Waals surface area contributed by atoms with Crippen molar-refractivity contribution in [2.45, 2.75) is 13.3 Å². The number of anilines is 2. The number of nitrogens with two attached hydrogens (primary N) is 1. The van der Waals surface area contributed by atoms with Gasteiger partial charge in [0.1, 0.15) is 5.82 Å². The maximum Gasteiger partial charge on any atom is 0.221 e. The Bertz CT molecular complexity index is 481. The van der Waals surface area contributed by atoms with Crippen molar-refractivity contribution in [3.63, 3.8) is 0 Å². The Hall–Kier alpha value is -1.62. The summed E-state index contributed by atoms with van der Waals surface area (Å²) in [7, 11) is 2.03. The number of nitrogens with zero attached hydrogens (tertiary/aromatic N) is 3. The van der Waals surface area contributed by atoms with Crippen LogP contribution in [0.3, 0.4) is 0 Å². The van der Waals surface area contributed by atoms with E-state index in [0.29, 0.717) is 5.95 Å². The van der Waals surface area contributed by atoms with Gasteiger partial charge in [0.15, 0.2) is 0 Å². The molecule has 2 aromatic rings. The lowest BCUT2D eigenvalue weighted by Gasteiger charge is -2.19. The van der Waals surface area contributed by atoms with Crippen LogP contribution in [-0.4, -0.2) is 23.6 Å². The van der Waals surface area contributed by atoms with Gasteiger partial charge in [-0.05, 0) is 24.8 Å². The van der Waals surface area contributed by atoms with Gasteiger partial charge >= 0.3 is 0 Å². The molecule has 0 saturated heterocycles. The molecule has 0 saturated carbocycles. The van der Waals surface area contributed by atoms with Crippen LogP contribution >= 0.6 is 11.3 Å². The lowest BCUT2D eigenvalue weighted by molar-refractivity contribution is 0.860. The lowest BCUT2D eigenvalue weighted by atomic mass is 10.3. The van der Waals surface area contributed by atoms with E-state index in [9.17, 15) is 0 Å². The van der Waals surface area contributed by atoms with E-state index >= 15 is 0 Å². The summed E-state index contributed by atoms with van der Waals surface area (Å²) in [4.78, 5) is 11.7. The Kier molecular flexibility index (Phi) is 3.58. The van der Waals surface area contributed by atoms with E-state index in [-0.39, 0.29) is 0 Å². The number of aryl methyl sites for hydroxylation is 1. The number of hydrogen-bond donors (Lipinski definition) is 1. The van der Waals surface area contributed by atoms with Crippen LogP contribution in [0.4, 0.5) is 11.8 Å². The molecule has 0 spiro atoms. The molecule has 0 radical (unpaired) electrons. The fourth-order valence-electron chi connectivity index (χ4n) is 1.67. The first-order chi connectivity index (χ1) is 8.16. The van der Waals surface area contributed by atoms with Crippen LogP contribution < -0.4 is 10.6 Å². The standard InChI is InChI=1S/C12H16N4S/c1-9-8-14-12(13)15-11(9)16(2)6-5-10-4-3-7-17-10/h3-4,7-8H,5-6H2,1-2H3,(H2,13,14,15). The summed E-state index contributed by atoms with van der Waals surface area (Å²) in [5.74, 6) is 1.24. The average Bonchev–Trinajstić information content (AvgIpc) is 2.82. The second kappa shape index (κ2) is 5.14. The first-order valence-electron chi connectivity index (χ1n) is 5.49. The monoisotopic (exact) mass is 248 g/mol. The van der Waals surface area contributed by atoms with Crippen molar-refractivity contribution in [3.8, 4) is 0 Å². The summed E-state index contributed by atoms with van der Waals surface area (Å²) in [5.41, 5.74) is 6.66. The molecule has 2 rings (SSSR count). The number of thiophene rings is 1. The van der Waals surface area contributed by atoms with Crippen molar-refractivity contribution in [2.24, 2.45) is 0 Å². The molecule has 0 fully saturated rings. The fraction of sp³-hybridized carbons (Fsp3) is 0.333. The highest BCUT2D eigenvalue weighted by Crippen LogP contribution is 2.17. The van der Waals surface area contributed by atoms with Gasteiger partial charge in [0.2, 0.25) is 5.95 Å². The normalized spacial score (nSPS) is 10.5. The summed E-state index contributed by atoms with van der Waals surface area (Å²) >= 11 is 1.78. The van der Waals surface area contributed by atoms with Gasteiger partial charge in [0, 0.05) is 30.2 Å². The van der Waals surface area contributed by atoms with Gasteiger partial charge in [-0.15, -0.1) is 11.3 Å². The van der Waals surface area contributed by atoms with Gasteiger partial charge < -0.3 is 10.6 Å². The highest BCUT2D eigenvalue weighted by atomic mass is 32.1. The van der Waals surface area contributed by atoms with E-state index in [4.69, 9.17) is 5.73 Å². The number of likely N-dealkylation sites (N-methyl/N-ethyl adjacent to an activating group) is 1. The van der Waals surface area contributed by atoms with Gasteiger partial charge in [-0.2, -0.15) is 4.98 Å². The van der Waals surface area contributed by atoms with Crippen LogP contribution in [0.2, 0.25) is 0 Å². The third-order valence-electron chi connectivity index (χ3n) is 2.60. The Morgan fingerprint density at radius 1 is 1.47 bits per heavy atom. The molecule has 0 aliphatic rings. The molecule has 0 aliphatic carbocycles. The number of nitrogen functional groups attached to an aromatic ring is 1. The van der Waals surface area contributed by atoms with Gasteiger partial charge in [0.25, 0.3) is 0 Å². The molecule has 17 heavy (non-hydrogen) atoms.